The van der Waals surface area contributed by atoms with E-state index in [4.69, 9.17) is 4.74 Å². The average Bonchev–Trinajstić information content (AvgIpc) is 3.14. The summed E-state index contributed by atoms with van der Waals surface area (Å²) < 4.78 is 32.0. The van der Waals surface area contributed by atoms with E-state index in [1.807, 2.05) is 0 Å². The lowest BCUT2D eigenvalue weighted by atomic mass is 10.2. The first-order chi connectivity index (χ1) is 13.3. The zero-order valence-corrected chi connectivity index (χ0v) is 16.2. The van der Waals surface area contributed by atoms with Crippen LogP contribution < -0.4 is 14.8 Å². The summed E-state index contributed by atoms with van der Waals surface area (Å²) >= 11 is 1.16. The van der Waals surface area contributed by atoms with E-state index in [2.05, 4.69) is 15.0 Å². The molecule has 0 saturated heterocycles. The van der Waals surface area contributed by atoms with Gasteiger partial charge in [-0.25, -0.2) is 13.4 Å². The lowest BCUT2D eigenvalue weighted by molar-refractivity contribution is -0.131. The van der Waals surface area contributed by atoms with Gasteiger partial charge in [0.1, 0.15) is 5.75 Å². The second kappa shape index (κ2) is 8.19. The SMILES string of the molecule is CC(=O)Oc1ccccc1C(=O)Nc1ccc(S(=O)(=O)Nc2nccs2)cc1. The van der Waals surface area contributed by atoms with Gasteiger partial charge in [0, 0.05) is 24.2 Å². The first-order valence-electron chi connectivity index (χ1n) is 7.96. The van der Waals surface area contributed by atoms with E-state index in [1.54, 1.807) is 17.5 Å². The van der Waals surface area contributed by atoms with Crippen LogP contribution in [0.4, 0.5) is 10.8 Å². The molecular formula is C18H15N3O5S2. The van der Waals surface area contributed by atoms with Crippen LogP contribution >= 0.6 is 11.3 Å². The lowest BCUT2D eigenvalue weighted by Gasteiger charge is -2.10. The number of rotatable bonds is 6. The number of hydrogen-bond donors (Lipinski definition) is 2. The molecule has 2 N–H and O–H groups in total. The van der Waals surface area contributed by atoms with Crippen molar-refractivity contribution >= 4 is 44.1 Å². The van der Waals surface area contributed by atoms with Crippen LogP contribution in [-0.2, 0) is 14.8 Å². The summed E-state index contributed by atoms with van der Waals surface area (Å²) in [5.74, 6) is -0.893. The molecule has 0 unspecified atom stereocenters. The number of esters is 1. The highest BCUT2D eigenvalue weighted by atomic mass is 32.2. The van der Waals surface area contributed by atoms with Crippen LogP contribution in [0.3, 0.4) is 0 Å². The number of benzene rings is 2. The van der Waals surface area contributed by atoms with Crippen LogP contribution in [0.25, 0.3) is 0 Å². The quantitative estimate of drug-likeness (QED) is 0.470. The summed E-state index contributed by atoms with van der Waals surface area (Å²) in [5, 5.41) is 4.56. The fourth-order valence-corrected chi connectivity index (χ4v) is 4.05. The van der Waals surface area contributed by atoms with Gasteiger partial charge in [0.2, 0.25) is 0 Å². The van der Waals surface area contributed by atoms with E-state index >= 15 is 0 Å². The largest absolute Gasteiger partial charge is 0.426 e. The zero-order chi connectivity index (χ0) is 20.1. The molecule has 3 rings (SSSR count). The Morgan fingerprint density at radius 2 is 1.79 bits per heavy atom. The number of amides is 1. The van der Waals surface area contributed by atoms with Crippen molar-refractivity contribution in [2.24, 2.45) is 0 Å². The smallest absolute Gasteiger partial charge is 0.308 e. The highest BCUT2D eigenvalue weighted by molar-refractivity contribution is 7.93. The van der Waals surface area contributed by atoms with E-state index in [0.29, 0.717) is 5.69 Å². The Balaban J connectivity index is 1.74. The molecule has 0 aliphatic carbocycles. The molecule has 3 aromatic rings. The fourth-order valence-electron chi connectivity index (χ4n) is 2.26. The molecule has 2 aromatic carbocycles. The minimum Gasteiger partial charge on any atom is -0.426 e. The summed E-state index contributed by atoms with van der Waals surface area (Å²) in [6, 6.07) is 12.0. The minimum atomic E-state index is -3.77. The van der Waals surface area contributed by atoms with Gasteiger partial charge in [-0.05, 0) is 36.4 Å². The van der Waals surface area contributed by atoms with Gasteiger partial charge in [-0.2, -0.15) is 0 Å². The van der Waals surface area contributed by atoms with Crippen molar-refractivity contribution in [3.05, 3.63) is 65.7 Å². The number of aromatic nitrogens is 1. The van der Waals surface area contributed by atoms with Crippen LogP contribution in [0, 0.1) is 0 Å². The second-order valence-electron chi connectivity index (χ2n) is 5.51. The summed E-state index contributed by atoms with van der Waals surface area (Å²) in [5.41, 5.74) is 0.565. The molecule has 0 fully saturated rings. The van der Waals surface area contributed by atoms with Crippen molar-refractivity contribution in [2.75, 3.05) is 10.0 Å². The lowest BCUT2D eigenvalue weighted by Crippen LogP contribution is -2.15. The summed E-state index contributed by atoms with van der Waals surface area (Å²) in [6.45, 7) is 1.24. The van der Waals surface area contributed by atoms with E-state index < -0.39 is 21.9 Å². The zero-order valence-electron chi connectivity index (χ0n) is 14.6. The van der Waals surface area contributed by atoms with Crippen LogP contribution in [0.2, 0.25) is 0 Å². The van der Waals surface area contributed by atoms with E-state index in [1.165, 1.54) is 49.5 Å². The Morgan fingerprint density at radius 1 is 1.07 bits per heavy atom. The van der Waals surface area contributed by atoms with Gasteiger partial charge in [0.05, 0.1) is 10.5 Å². The van der Waals surface area contributed by atoms with Gasteiger partial charge in [-0.3, -0.25) is 14.3 Å². The molecule has 0 atom stereocenters. The molecule has 8 nitrogen and oxygen atoms in total. The number of sulfonamides is 1. The molecule has 0 radical (unpaired) electrons. The molecule has 144 valence electrons. The van der Waals surface area contributed by atoms with E-state index in [-0.39, 0.29) is 21.3 Å². The highest BCUT2D eigenvalue weighted by Crippen LogP contribution is 2.22. The standard InChI is InChI=1S/C18H15N3O5S2/c1-12(22)26-16-5-3-2-4-15(16)17(23)20-13-6-8-14(9-7-13)28(24,25)21-18-19-10-11-27-18/h2-11H,1H3,(H,19,21)(H,20,23). The number of carbonyl (C=O) groups is 2. The molecule has 0 saturated carbocycles. The van der Waals surface area contributed by atoms with Gasteiger partial charge in [-0.1, -0.05) is 12.1 Å². The maximum absolute atomic E-state index is 12.5. The third-order valence-corrected chi connectivity index (χ3v) is 5.63. The number of ether oxygens (including phenoxy) is 1. The first kappa shape index (κ1) is 19.5. The van der Waals surface area contributed by atoms with Crippen molar-refractivity contribution in [1.82, 2.24) is 4.98 Å². The van der Waals surface area contributed by atoms with Crippen molar-refractivity contribution < 1.29 is 22.7 Å². The third kappa shape index (κ3) is 4.72. The second-order valence-corrected chi connectivity index (χ2v) is 8.09. The summed E-state index contributed by atoms with van der Waals surface area (Å²) in [6.07, 6.45) is 1.49. The third-order valence-electron chi connectivity index (χ3n) is 3.46. The highest BCUT2D eigenvalue weighted by Gasteiger charge is 2.17. The number of thiazole rings is 1. The molecule has 10 heteroatoms. The van der Waals surface area contributed by atoms with Crippen molar-refractivity contribution in [3.8, 4) is 5.75 Å². The predicted octanol–water partition coefficient (Wildman–Crippen LogP) is 3.12. The Hall–Kier alpha value is -3.24. The maximum atomic E-state index is 12.5. The molecule has 28 heavy (non-hydrogen) atoms. The molecule has 0 spiro atoms. The number of anilines is 2. The molecular weight excluding hydrogens is 402 g/mol. The Morgan fingerprint density at radius 3 is 2.43 bits per heavy atom. The maximum Gasteiger partial charge on any atom is 0.308 e. The molecule has 1 aromatic heterocycles. The van der Waals surface area contributed by atoms with Crippen LogP contribution in [0.5, 0.6) is 5.75 Å². The van der Waals surface area contributed by atoms with E-state index in [9.17, 15) is 18.0 Å². The molecule has 1 heterocycles. The van der Waals surface area contributed by atoms with Crippen molar-refractivity contribution in [2.45, 2.75) is 11.8 Å². The average molecular weight is 417 g/mol. The van der Waals surface area contributed by atoms with Crippen molar-refractivity contribution in [1.29, 1.82) is 0 Å². The Bertz CT molecular complexity index is 1090. The normalized spacial score (nSPS) is 10.9. The van der Waals surface area contributed by atoms with Crippen LogP contribution in [0.15, 0.2) is 65.0 Å². The molecule has 0 aliphatic heterocycles. The van der Waals surface area contributed by atoms with Gasteiger partial charge < -0.3 is 10.1 Å². The van der Waals surface area contributed by atoms with Crippen LogP contribution in [-0.4, -0.2) is 25.3 Å². The molecule has 0 aliphatic rings. The van der Waals surface area contributed by atoms with Crippen molar-refractivity contribution in [3.63, 3.8) is 0 Å². The summed E-state index contributed by atoms with van der Waals surface area (Å²) in [7, 11) is -3.77. The number of nitrogens with zero attached hydrogens (tertiary/aromatic N) is 1. The van der Waals surface area contributed by atoms with E-state index in [0.717, 1.165) is 11.3 Å². The van der Waals surface area contributed by atoms with Crippen LogP contribution in [0.1, 0.15) is 17.3 Å². The predicted molar refractivity (Wildman–Crippen MR) is 105 cm³/mol. The number of carbonyl (C=O) groups excluding carboxylic acids is 2. The van der Waals surface area contributed by atoms with Gasteiger partial charge >= 0.3 is 5.97 Å². The Labute approximate surface area is 165 Å². The fraction of sp³-hybridized carbons (Fsp3) is 0.0556. The minimum absolute atomic E-state index is 0.0287. The van der Waals surface area contributed by atoms with Gasteiger partial charge in [-0.15, -0.1) is 11.3 Å². The van der Waals surface area contributed by atoms with Gasteiger partial charge in [0.15, 0.2) is 5.13 Å². The summed E-state index contributed by atoms with van der Waals surface area (Å²) in [4.78, 5) is 27.6. The molecule has 0 bridgehead atoms. The number of hydrogen-bond acceptors (Lipinski definition) is 7. The van der Waals surface area contributed by atoms with Gasteiger partial charge in [0.25, 0.3) is 15.9 Å². The topological polar surface area (TPSA) is 114 Å². The Kier molecular flexibility index (Phi) is 5.71. The first-order valence-corrected chi connectivity index (χ1v) is 10.3. The molecule has 1 amide bonds. The monoisotopic (exact) mass is 417 g/mol. The number of nitrogens with one attached hydrogen (secondary N) is 2. The number of para-hydroxylation sites is 1.